The Bertz CT molecular complexity index is 806. The molecule has 1 aromatic heterocycles. The highest BCUT2D eigenvalue weighted by atomic mass is 16.5. The van der Waals surface area contributed by atoms with Crippen molar-refractivity contribution >= 4 is 11.9 Å². The quantitative estimate of drug-likeness (QED) is 0.884. The first-order valence-electron chi connectivity index (χ1n) is 8.19. The first-order chi connectivity index (χ1) is 11.9. The van der Waals surface area contributed by atoms with Gasteiger partial charge in [0.25, 0.3) is 5.91 Å². The van der Waals surface area contributed by atoms with Gasteiger partial charge in [-0.15, -0.1) is 0 Å². The Hall–Kier alpha value is -2.67. The monoisotopic (exact) mass is 343 g/mol. The van der Waals surface area contributed by atoms with Crippen molar-refractivity contribution in [3.8, 4) is 5.69 Å². The summed E-state index contributed by atoms with van der Waals surface area (Å²) in [6.07, 6.45) is 1.98. The van der Waals surface area contributed by atoms with E-state index in [-0.39, 0.29) is 12.8 Å². The zero-order chi connectivity index (χ0) is 18.0. The number of ether oxygens (including phenoxy) is 1. The van der Waals surface area contributed by atoms with Crippen LogP contribution in [0.4, 0.5) is 0 Å². The second kappa shape index (κ2) is 6.68. The summed E-state index contributed by atoms with van der Waals surface area (Å²) in [6, 6.07) is 7.74. The van der Waals surface area contributed by atoms with Crippen LogP contribution in [0, 0.1) is 13.8 Å². The minimum Gasteiger partial charge on any atom is -0.480 e. The van der Waals surface area contributed by atoms with Crippen molar-refractivity contribution in [1.29, 1.82) is 0 Å². The number of aryl methyl sites for hydroxylation is 1. The molecule has 7 heteroatoms. The van der Waals surface area contributed by atoms with Gasteiger partial charge in [0.05, 0.1) is 23.1 Å². The molecule has 0 radical (unpaired) electrons. The van der Waals surface area contributed by atoms with Gasteiger partial charge in [-0.1, -0.05) is 18.2 Å². The standard InChI is InChI=1S/C18H21N3O4/c1-12-5-3-4-6-15(12)21-13(2)14(11-19-21)16(22)20-18(17(23)24)7-9-25-10-8-18/h3-6,11H,7-10H2,1-2H3,(H,20,22)(H,23,24). The summed E-state index contributed by atoms with van der Waals surface area (Å²) in [4.78, 5) is 24.4. The summed E-state index contributed by atoms with van der Waals surface area (Å²) >= 11 is 0. The van der Waals surface area contributed by atoms with Crippen molar-refractivity contribution in [2.75, 3.05) is 13.2 Å². The first kappa shape index (κ1) is 17.2. The van der Waals surface area contributed by atoms with Gasteiger partial charge >= 0.3 is 5.97 Å². The number of para-hydroxylation sites is 1. The number of nitrogens with one attached hydrogen (secondary N) is 1. The van der Waals surface area contributed by atoms with Crippen LogP contribution in [0.1, 0.15) is 34.5 Å². The lowest BCUT2D eigenvalue weighted by molar-refractivity contribution is -0.148. The average molecular weight is 343 g/mol. The molecule has 1 saturated heterocycles. The summed E-state index contributed by atoms with van der Waals surface area (Å²) in [5.74, 6) is -1.46. The third-order valence-corrected chi connectivity index (χ3v) is 4.71. The first-order valence-corrected chi connectivity index (χ1v) is 8.19. The Morgan fingerprint density at radius 3 is 2.56 bits per heavy atom. The smallest absolute Gasteiger partial charge is 0.329 e. The molecule has 25 heavy (non-hydrogen) atoms. The maximum absolute atomic E-state index is 12.7. The van der Waals surface area contributed by atoms with Gasteiger partial charge in [-0.25, -0.2) is 9.48 Å². The number of carboxylic acid groups (broad SMARTS) is 1. The van der Waals surface area contributed by atoms with Gasteiger partial charge in [0.2, 0.25) is 0 Å². The summed E-state index contributed by atoms with van der Waals surface area (Å²) in [6.45, 7) is 4.39. The fourth-order valence-electron chi connectivity index (χ4n) is 3.07. The summed E-state index contributed by atoms with van der Waals surface area (Å²) in [5, 5.41) is 16.6. The van der Waals surface area contributed by atoms with Gasteiger partial charge in [-0.05, 0) is 25.5 Å². The molecule has 1 amide bonds. The minimum absolute atomic E-state index is 0.249. The number of aliphatic carboxylic acids is 1. The Balaban J connectivity index is 1.89. The summed E-state index contributed by atoms with van der Waals surface area (Å²) in [5.41, 5.74) is 1.67. The maximum atomic E-state index is 12.7. The van der Waals surface area contributed by atoms with Crippen LogP contribution < -0.4 is 5.32 Å². The zero-order valence-electron chi connectivity index (χ0n) is 14.3. The van der Waals surface area contributed by atoms with Crippen molar-refractivity contribution in [3.05, 3.63) is 47.3 Å². The second-order valence-electron chi connectivity index (χ2n) is 6.30. The Morgan fingerprint density at radius 2 is 1.92 bits per heavy atom. The largest absolute Gasteiger partial charge is 0.480 e. The van der Waals surface area contributed by atoms with E-state index in [0.717, 1.165) is 11.3 Å². The number of hydrogen-bond acceptors (Lipinski definition) is 4. The lowest BCUT2D eigenvalue weighted by Crippen LogP contribution is -2.57. The van der Waals surface area contributed by atoms with Crippen molar-refractivity contribution in [3.63, 3.8) is 0 Å². The van der Waals surface area contributed by atoms with E-state index in [2.05, 4.69) is 10.4 Å². The van der Waals surface area contributed by atoms with Gasteiger partial charge in [0, 0.05) is 26.1 Å². The molecule has 1 fully saturated rings. The molecule has 0 spiro atoms. The molecule has 3 rings (SSSR count). The maximum Gasteiger partial charge on any atom is 0.329 e. The number of carboxylic acids is 1. The predicted octanol–water partition coefficient (Wildman–Crippen LogP) is 1.85. The normalized spacial score (nSPS) is 16.4. The van der Waals surface area contributed by atoms with Crippen LogP contribution in [0.25, 0.3) is 5.69 Å². The number of rotatable bonds is 4. The van der Waals surface area contributed by atoms with Crippen LogP contribution >= 0.6 is 0 Å². The molecule has 1 aromatic carbocycles. The van der Waals surface area contributed by atoms with E-state index in [9.17, 15) is 14.7 Å². The molecule has 0 bridgehead atoms. The molecule has 1 aliphatic rings. The highest BCUT2D eigenvalue weighted by molar-refractivity contribution is 5.98. The Kier molecular flexibility index (Phi) is 4.59. The van der Waals surface area contributed by atoms with E-state index in [1.165, 1.54) is 6.20 Å². The molecule has 0 saturated carbocycles. The molecular formula is C18H21N3O4. The average Bonchev–Trinajstić information content (AvgIpc) is 2.97. The summed E-state index contributed by atoms with van der Waals surface area (Å²) in [7, 11) is 0. The van der Waals surface area contributed by atoms with Crippen molar-refractivity contribution in [2.45, 2.75) is 32.2 Å². The predicted molar refractivity (Wildman–Crippen MR) is 90.9 cm³/mol. The number of carbonyl (C=O) groups excluding carboxylic acids is 1. The van der Waals surface area contributed by atoms with Crippen LogP contribution in [0.3, 0.4) is 0 Å². The highest BCUT2D eigenvalue weighted by Crippen LogP contribution is 2.23. The number of benzene rings is 1. The third-order valence-electron chi connectivity index (χ3n) is 4.71. The Morgan fingerprint density at radius 1 is 1.24 bits per heavy atom. The van der Waals surface area contributed by atoms with Gasteiger partial charge < -0.3 is 15.2 Å². The second-order valence-corrected chi connectivity index (χ2v) is 6.30. The molecule has 2 aromatic rings. The Labute approximate surface area is 145 Å². The van der Waals surface area contributed by atoms with Crippen molar-refractivity contribution < 1.29 is 19.4 Å². The van der Waals surface area contributed by atoms with E-state index in [4.69, 9.17) is 4.74 Å². The van der Waals surface area contributed by atoms with Crippen LogP contribution in [-0.2, 0) is 9.53 Å². The number of nitrogens with zero attached hydrogens (tertiary/aromatic N) is 2. The van der Waals surface area contributed by atoms with Crippen LogP contribution in [0.15, 0.2) is 30.5 Å². The topological polar surface area (TPSA) is 93.5 Å². The van der Waals surface area contributed by atoms with Crippen LogP contribution in [-0.4, -0.2) is 45.5 Å². The lowest BCUT2D eigenvalue weighted by atomic mass is 9.89. The number of hydrogen-bond donors (Lipinski definition) is 2. The molecule has 0 aliphatic carbocycles. The zero-order valence-corrected chi connectivity index (χ0v) is 14.3. The van der Waals surface area contributed by atoms with E-state index in [1.54, 1.807) is 11.6 Å². The highest BCUT2D eigenvalue weighted by Gasteiger charge is 2.42. The minimum atomic E-state index is -1.29. The van der Waals surface area contributed by atoms with Crippen LogP contribution in [0.2, 0.25) is 0 Å². The SMILES string of the molecule is Cc1ccccc1-n1ncc(C(=O)NC2(C(=O)O)CCOCC2)c1C. The molecular weight excluding hydrogens is 322 g/mol. The van der Waals surface area contributed by atoms with E-state index >= 15 is 0 Å². The fourth-order valence-corrected chi connectivity index (χ4v) is 3.07. The third kappa shape index (κ3) is 3.15. The molecule has 0 unspecified atom stereocenters. The van der Waals surface area contributed by atoms with E-state index in [0.29, 0.717) is 24.5 Å². The van der Waals surface area contributed by atoms with E-state index < -0.39 is 17.4 Å². The van der Waals surface area contributed by atoms with Crippen LogP contribution in [0.5, 0.6) is 0 Å². The number of amides is 1. The van der Waals surface area contributed by atoms with Gasteiger partial charge in [0.15, 0.2) is 0 Å². The van der Waals surface area contributed by atoms with Gasteiger partial charge in [-0.2, -0.15) is 5.10 Å². The molecule has 2 heterocycles. The molecule has 1 aliphatic heterocycles. The van der Waals surface area contributed by atoms with Crippen molar-refractivity contribution in [2.24, 2.45) is 0 Å². The van der Waals surface area contributed by atoms with E-state index in [1.807, 2.05) is 31.2 Å². The molecule has 2 N–H and O–H groups in total. The number of carbonyl (C=O) groups is 2. The molecule has 7 nitrogen and oxygen atoms in total. The molecule has 0 atom stereocenters. The van der Waals surface area contributed by atoms with Gasteiger partial charge in [0.1, 0.15) is 5.54 Å². The number of aromatic nitrogens is 2. The lowest BCUT2D eigenvalue weighted by Gasteiger charge is -2.33. The fraction of sp³-hybridized carbons (Fsp3) is 0.389. The summed E-state index contributed by atoms with van der Waals surface area (Å²) < 4.78 is 6.93. The molecule has 132 valence electrons. The van der Waals surface area contributed by atoms with Crippen molar-refractivity contribution in [1.82, 2.24) is 15.1 Å². The van der Waals surface area contributed by atoms with Gasteiger partial charge in [-0.3, -0.25) is 4.79 Å².